The van der Waals surface area contributed by atoms with E-state index >= 15 is 0 Å². The molecular formula is C26H25F3O4S. The third-order valence-electron chi connectivity index (χ3n) is 5.55. The standard InChI is InChI=1S/C26H25F3O4S/c1-16(2)13-23(25(30)31)22-14-20(17-7-5-4-6-8-17)21(15-24(22)26(27,28)29)18-9-11-19(12-10-18)34(3,32)33/h4-12,14-16,23H,13H2,1-3H3,(H,30,31). The van der Waals surface area contributed by atoms with Gasteiger partial charge in [-0.25, -0.2) is 8.42 Å². The summed E-state index contributed by atoms with van der Waals surface area (Å²) in [6.07, 6.45) is -3.68. The second-order valence-electron chi connectivity index (χ2n) is 8.67. The summed E-state index contributed by atoms with van der Waals surface area (Å²) in [5, 5.41) is 9.80. The van der Waals surface area contributed by atoms with Crippen LogP contribution in [0.4, 0.5) is 13.2 Å². The van der Waals surface area contributed by atoms with E-state index in [0.717, 1.165) is 12.3 Å². The quantitative estimate of drug-likeness (QED) is 0.402. The van der Waals surface area contributed by atoms with E-state index in [2.05, 4.69) is 0 Å². The lowest BCUT2D eigenvalue weighted by atomic mass is 9.82. The summed E-state index contributed by atoms with van der Waals surface area (Å²) >= 11 is 0. The zero-order valence-corrected chi connectivity index (χ0v) is 19.7. The minimum absolute atomic E-state index is 0.0491. The molecule has 0 aliphatic heterocycles. The Kier molecular flexibility index (Phi) is 7.21. The van der Waals surface area contributed by atoms with Gasteiger partial charge in [-0.15, -0.1) is 0 Å². The fraction of sp³-hybridized carbons (Fsp3) is 0.269. The molecule has 0 saturated heterocycles. The van der Waals surface area contributed by atoms with Crippen LogP contribution in [0.3, 0.4) is 0 Å². The number of benzene rings is 3. The van der Waals surface area contributed by atoms with Crippen molar-refractivity contribution in [2.24, 2.45) is 5.92 Å². The monoisotopic (exact) mass is 490 g/mol. The molecule has 34 heavy (non-hydrogen) atoms. The Bertz CT molecular complexity index is 1280. The molecule has 8 heteroatoms. The van der Waals surface area contributed by atoms with Crippen molar-refractivity contribution < 1.29 is 31.5 Å². The Balaban J connectivity index is 2.36. The highest BCUT2D eigenvalue weighted by atomic mass is 32.2. The number of hydrogen-bond acceptors (Lipinski definition) is 3. The van der Waals surface area contributed by atoms with E-state index in [0.29, 0.717) is 16.7 Å². The summed E-state index contributed by atoms with van der Waals surface area (Å²) in [7, 11) is -3.48. The first-order chi connectivity index (χ1) is 15.8. The Labute approximate surface area is 197 Å². The average molecular weight is 491 g/mol. The molecule has 0 aromatic heterocycles. The number of carbonyl (C=O) groups is 1. The van der Waals surface area contributed by atoms with Crippen LogP contribution >= 0.6 is 0 Å². The molecule has 1 N–H and O–H groups in total. The summed E-state index contributed by atoms with van der Waals surface area (Å²) in [6.45, 7) is 3.53. The van der Waals surface area contributed by atoms with Gasteiger partial charge in [0.2, 0.25) is 0 Å². The maximum Gasteiger partial charge on any atom is 0.416 e. The van der Waals surface area contributed by atoms with Crippen LogP contribution < -0.4 is 0 Å². The van der Waals surface area contributed by atoms with E-state index < -0.39 is 33.5 Å². The molecular weight excluding hydrogens is 465 g/mol. The van der Waals surface area contributed by atoms with Crippen molar-refractivity contribution in [3.8, 4) is 22.3 Å². The average Bonchev–Trinajstić information content (AvgIpc) is 2.76. The second kappa shape index (κ2) is 9.62. The first kappa shape index (κ1) is 25.5. The molecule has 1 unspecified atom stereocenters. The van der Waals surface area contributed by atoms with Crippen molar-refractivity contribution in [2.75, 3.05) is 6.26 Å². The second-order valence-corrected chi connectivity index (χ2v) is 10.7. The van der Waals surface area contributed by atoms with Crippen LogP contribution in [0.15, 0.2) is 71.6 Å². The van der Waals surface area contributed by atoms with Gasteiger partial charge in [0.15, 0.2) is 9.84 Å². The minimum atomic E-state index is -4.78. The fourth-order valence-electron chi connectivity index (χ4n) is 3.96. The van der Waals surface area contributed by atoms with Crippen molar-refractivity contribution in [1.29, 1.82) is 0 Å². The molecule has 4 nitrogen and oxygen atoms in total. The van der Waals surface area contributed by atoms with Gasteiger partial charge in [-0.1, -0.05) is 56.3 Å². The van der Waals surface area contributed by atoms with E-state index in [1.54, 1.807) is 44.2 Å². The number of rotatable bonds is 7. The predicted molar refractivity (Wildman–Crippen MR) is 125 cm³/mol. The van der Waals surface area contributed by atoms with Gasteiger partial charge in [0.05, 0.1) is 16.4 Å². The highest BCUT2D eigenvalue weighted by Crippen LogP contribution is 2.44. The Hall–Kier alpha value is -3.13. The van der Waals surface area contributed by atoms with Crippen molar-refractivity contribution in [3.63, 3.8) is 0 Å². The molecule has 0 spiro atoms. The van der Waals surface area contributed by atoms with Crippen molar-refractivity contribution >= 4 is 15.8 Å². The molecule has 0 fully saturated rings. The van der Waals surface area contributed by atoms with Crippen LogP contribution in [0.5, 0.6) is 0 Å². The summed E-state index contributed by atoms with van der Waals surface area (Å²) in [5.74, 6) is -2.78. The largest absolute Gasteiger partial charge is 0.481 e. The Morgan fingerprint density at radius 3 is 1.91 bits per heavy atom. The first-order valence-electron chi connectivity index (χ1n) is 10.6. The third kappa shape index (κ3) is 5.67. The highest BCUT2D eigenvalue weighted by molar-refractivity contribution is 7.90. The first-order valence-corrected chi connectivity index (χ1v) is 12.5. The molecule has 1 atom stereocenters. The topological polar surface area (TPSA) is 71.4 Å². The summed E-state index contributed by atoms with van der Waals surface area (Å²) < 4.78 is 66.2. The number of aliphatic carboxylic acids is 1. The SMILES string of the molecule is CC(C)CC(C(=O)O)c1cc(-c2ccccc2)c(-c2ccc(S(C)(=O)=O)cc2)cc1C(F)(F)F. The molecule has 180 valence electrons. The smallest absolute Gasteiger partial charge is 0.416 e. The van der Waals surface area contributed by atoms with E-state index in [-0.39, 0.29) is 28.4 Å². The molecule has 0 heterocycles. The van der Waals surface area contributed by atoms with Crippen LogP contribution in [0, 0.1) is 5.92 Å². The van der Waals surface area contributed by atoms with Crippen LogP contribution in [-0.4, -0.2) is 25.7 Å². The number of carboxylic acids is 1. The van der Waals surface area contributed by atoms with Crippen LogP contribution in [-0.2, 0) is 20.8 Å². The van der Waals surface area contributed by atoms with Gasteiger partial charge in [0, 0.05) is 6.26 Å². The van der Waals surface area contributed by atoms with E-state index in [4.69, 9.17) is 0 Å². The highest BCUT2D eigenvalue weighted by Gasteiger charge is 2.38. The van der Waals surface area contributed by atoms with Gasteiger partial charge in [-0.05, 0) is 64.4 Å². The zero-order chi connectivity index (χ0) is 25.3. The summed E-state index contributed by atoms with van der Waals surface area (Å²) in [5.41, 5.74) is 0.376. The lowest BCUT2D eigenvalue weighted by Crippen LogP contribution is -2.20. The van der Waals surface area contributed by atoms with Crippen molar-refractivity contribution in [1.82, 2.24) is 0 Å². The lowest BCUT2D eigenvalue weighted by molar-refractivity contribution is -0.141. The van der Waals surface area contributed by atoms with Crippen LogP contribution in [0.1, 0.15) is 37.3 Å². The van der Waals surface area contributed by atoms with Crippen LogP contribution in [0.25, 0.3) is 22.3 Å². The summed E-state index contributed by atoms with van der Waals surface area (Å²) in [4.78, 5) is 12.1. The molecule has 0 radical (unpaired) electrons. The van der Waals surface area contributed by atoms with Gasteiger partial charge in [0.25, 0.3) is 0 Å². The van der Waals surface area contributed by atoms with Crippen LogP contribution in [0.2, 0.25) is 0 Å². The molecule has 0 aliphatic rings. The van der Waals surface area contributed by atoms with E-state index in [1.807, 2.05) is 0 Å². The van der Waals surface area contributed by atoms with E-state index in [9.17, 15) is 31.5 Å². The maximum atomic E-state index is 14.2. The van der Waals surface area contributed by atoms with Gasteiger partial charge in [-0.3, -0.25) is 4.79 Å². The summed E-state index contributed by atoms with van der Waals surface area (Å²) in [6, 6.07) is 16.6. The molecule has 0 amide bonds. The third-order valence-corrected chi connectivity index (χ3v) is 6.68. The van der Waals surface area contributed by atoms with Gasteiger partial charge < -0.3 is 5.11 Å². The zero-order valence-electron chi connectivity index (χ0n) is 18.9. The Morgan fingerprint density at radius 1 is 0.912 bits per heavy atom. The normalized spacial score (nSPS) is 13.1. The number of alkyl halides is 3. The number of carboxylic acid groups (broad SMARTS) is 1. The van der Waals surface area contributed by atoms with E-state index in [1.165, 1.54) is 30.3 Å². The molecule has 3 rings (SSSR count). The van der Waals surface area contributed by atoms with Gasteiger partial charge >= 0.3 is 12.1 Å². The van der Waals surface area contributed by atoms with Gasteiger partial charge in [-0.2, -0.15) is 13.2 Å². The molecule has 0 aliphatic carbocycles. The number of sulfone groups is 1. The fourth-order valence-corrected chi connectivity index (χ4v) is 4.59. The molecule has 0 bridgehead atoms. The molecule has 3 aromatic rings. The predicted octanol–water partition coefficient (Wildman–Crippen LogP) is 6.66. The van der Waals surface area contributed by atoms with Crippen molar-refractivity contribution in [2.45, 2.75) is 37.3 Å². The van der Waals surface area contributed by atoms with Crippen molar-refractivity contribution in [3.05, 3.63) is 77.9 Å². The lowest BCUT2D eigenvalue weighted by Gasteiger charge is -2.23. The maximum absolute atomic E-state index is 14.2. The molecule has 3 aromatic carbocycles. The van der Waals surface area contributed by atoms with Gasteiger partial charge in [0.1, 0.15) is 0 Å². The minimum Gasteiger partial charge on any atom is -0.481 e. The number of halogens is 3. The number of hydrogen-bond donors (Lipinski definition) is 1. The molecule has 0 saturated carbocycles. The Morgan fingerprint density at radius 2 is 1.44 bits per heavy atom.